The van der Waals surface area contributed by atoms with Crippen molar-refractivity contribution in [1.82, 2.24) is 0 Å². The molecule has 0 saturated heterocycles. The quantitative estimate of drug-likeness (QED) is 0.493. The maximum absolute atomic E-state index is 10.4. The first-order valence-corrected chi connectivity index (χ1v) is 12.9. The highest BCUT2D eigenvalue weighted by atomic mass is 16.3. The average Bonchev–Trinajstić information content (AvgIpc) is 3.05. The predicted octanol–water partition coefficient (Wildman–Crippen LogP) is 6.67. The minimum absolute atomic E-state index is 0.121. The van der Waals surface area contributed by atoms with Gasteiger partial charge in [-0.2, -0.15) is 0 Å². The summed E-state index contributed by atoms with van der Waals surface area (Å²) in [5, 5.41) is 20.7. The fraction of sp³-hybridized carbons (Fsp3) is 0.857. The van der Waals surface area contributed by atoms with Gasteiger partial charge in [0.05, 0.1) is 6.10 Å². The van der Waals surface area contributed by atoms with Crippen molar-refractivity contribution >= 4 is 0 Å². The third kappa shape index (κ3) is 3.54. The van der Waals surface area contributed by atoms with E-state index in [0.29, 0.717) is 11.3 Å². The van der Waals surface area contributed by atoms with E-state index >= 15 is 0 Å². The fourth-order valence-electron chi connectivity index (χ4n) is 8.75. The lowest BCUT2D eigenvalue weighted by Crippen LogP contribution is -2.51. The van der Waals surface area contributed by atoms with Crippen molar-refractivity contribution in [2.45, 2.75) is 105 Å². The summed E-state index contributed by atoms with van der Waals surface area (Å²) in [4.78, 5) is 0. The van der Waals surface area contributed by atoms with Crippen LogP contribution in [-0.4, -0.2) is 22.9 Å². The van der Waals surface area contributed by atoms with Crippen LogP contribution in [0.5, 0.6) is 0 Å². The summed E-state index contributed by atoms with van der Waals surface area (Å²) >= 11 is 0. The lowest BCUT2D eigenvalue weighted by molar-refractivity contribution is -0.0490. The number of allylic oxidation sites excluding steroid dienone is 4. The van der Waals surface area contributed by atoms with E-state index in [9.17, 15) is 10.2 Å². The Morgan fingerprint density at radius 2 is 1.90 bits per heavy atom. The molecule has 2 nitrogen and oxygen atoms in total. The van der Waals surface area contributed by atoms with Gasteiger partial charge in [0.25, 0.3) is 0 Å². The molecule has 0 amide bonds. The molecule has 30 heavy (non-hydrogen) atoms. The minimum Gasteiger partial charge on any atom is -0.396 e. The van der Waals surface area contributed by atoms with Gasteiger partial charge in [-0.05, 0) is 118 Å². The molecule has 170 valence electrons. The first-order chi connectivity index (χ1) is 14.2. The van der Waals surface area contributed by atoms with E-state index in [4.69, 9.17) is 0 Å². The van der Waals surface area contributed by atoms with Crippen LogP contribution in [0, 0.1) is 40.4 Å². The van der Waals surface area contributed by atoms with Crippen molar-refractivity contribution < 1.29 is 10.2 Å². The highest BCUT2D eigenvalue weighted by Crippen LogP contribution is 2.66. The van der Waals surface area contributed by atoms with Crippen molar-refractivity contribution in [1.29, 1.82) is 0 Å². The van der Waals surface area contributed by atoms with Gasteiger partial charge in [-0.25, -0.2) is 0 Å². The molecule has 2 N–H and O–H groups in total. The molecule has 0 aromatic carbocycles. The van der Waals surface area contributed by atoms with Crippen molar-refractivity contribution in [3.8, 4) is 0 Å². The van der Waals surface area contributed by atoms with Crippen LogP contribution in [-0.2, 0) is 0 Å². The molecule has 4 aliphatic carbocycles. The molecule has 4 rings (SSSR count). The van der Waals surface area contributed by atoms with E-state index in [1.165, 1.54) is 56.9 Å². The normalized spacial score (nSPS) is 44.2. The van der Waals surface area contributed by atoms with Crippen molar-refractivity contribution in [2.24, 2.45) is 40.4 Å². The molecule has 2 fully saturated rings. The van der Waals surface area contributed by atoms with Crippen LogP contribution in [0.1, 0.15) is 98.8 Å². The molecule has 0 aromatic heterocycles. The molecule has 4 aliphatic rings. The zero-order valence-corrected chi connectivity index (χ0v) is 20.2. The second-order valence-corrected chi connectivity index (χ2v) is 12.1. The molecule has 0 aliphatic heterocycles. The third-order valence-electron chi connectivity index (χ3n) is 10.4. The zero-order chi connectivity index (χ0) is 21.7. The molecular formula is C28H46O2. The molecular weight excluding hydrogens is 368 g/mol. The van der Waals surface area contributed by atoms with E-state index in [1.807, 2.05) is 0 Å². The van der Waals surface area contributed by atoms with Crippen LogP contribution in [0.4, 0.5) is 0 Å². The molecule has 8 atom stereocenters. The van der Waals surface area contributed by atoms with Crippen LogP contribution < -0.4 is 0 Å². The van der Waals surface area contributed by atoms with Gasteiger partial charge in [0.15, 0.2) is 0 Å². The molecule has 0 radical (unpaired) electrons. The number of aliphatic hydroxyl groups is 2. The number of aliphatic hydroxyl groups excluding tert-OH is 2. The van der Waals surface area contributed by atoms with E-state index in [1.54, 1.807) is 11.1 Å². The van der Waals surface area contributed by atoms with Gasteiger partial charge in [-0.1, -0.05) is 43.6 Å². The van der Waals surface area contributed by atoms with Crippen LogP contribution in [0.2, 0.25) is 0 Å². The van der Waals surface area contributed by atoms with Gasteiger partial charge in [-0.15, -0.1) is 0 Å². The highest BCUT2D eigenvalue weighted by molar-refractivity contribution is 5.35. The molecule has 1 unspecified atom stereocenters. The van der Waals surface area contributed by atoms with Crippen molar-refractivity contribution in [2.75, 3.05) is 6.61 Å². The Morgan fingerprint density at radius 3 is 2.60 bits per heavy atom. The molecule has 2 saturated carbocycles. The number of rotatable bonds is 5. The SMILES string of the molecule is CC(C)=CCC[C@@H](C)[C@H]1CC[C@H]2C3=C(CC[C@]12C)[C@@]1(C)C(CO)C[C@H](O)C[C@@H]1CC3. The van der Waals surface area contributed by atoms with Gasteiger partial charge in [0.2, 0.25) is 0 Å². The summed E-state index contributed by atoms with van der Waals surface area (Å²) in [6, 6.07) is 0. The van der Waals surface area contributed by atoms with Gasteiger partial charge < -0.3 is 10.2 Å². The number of hydrogen-bond donors (Lipinski definition) is 2. The van der Waals surface area contributed by atoms with Crippen LogP contribution in [0.15, 0.2) is 22.8 Å². The van der Waals surface area contributed by atoms with Gasteiger partial charge >= 0.3 is 0 Å². The van der Waals surface area contributed by atoms with Gasteiger partial charge in [0, 0.05) is 6.61 Å². The Morgan fingerprint density at radius 1 is 1.13 bits per heavy atom. The summed E-state index contributed by atoms with van der Waals surface area (Å²) in [6.07, 6.45) is 14.3. The highest BCUT2D eigenvalue weighted by Gasteiger charge is 2.57. The predicted molar refractivity (Wildman–Crippen MR) is 125 cm³/mol. The maximum Gasteiger partial charge on any atom is 0.0547 e. The Hall–Kier alpha value is -0.600. The number of hydrogen-bond acceptors (Lipinski definition) is 2. The Labute approximate surface area is 185 Å². The maximum atomic E-state index is 10.4. The van der Waals surface area contributed by atoms with E-state index in [2.05, 4.69) is 40.7 Å². The van der Waals surface area contributed by atoms with Crippen LogP contribution in [0.25, 0.3) is 0 Å². The van der Waals surface area contributed by atoms with Crippen LogP contribution >= 0.6 is 0 Å². The molecule has 2 heteroatoms. The minimum atomic E-state index is -0.214. The summed E-state index contributed by atoms with van der Waals surface area (Å²) < 4.78 is 0. The monoisotopic (exact) mass is 414 g/mol. The first-order valence-electron chi connectivity index (χ1n) is 12.9. The fourth-order valence-corrected chi connectivity index (χ4v) is 8.75. The Kier molecular flexibility index (Phi) is 6.32. The summed E-state index contributed by atoms with van der Waals surface area (Å²) in [6.45, 7) is 12.3. The molecule has 0 bridgehead atoms. The third-order valence-corrected chi connectivity index (χ3v) is 10.4. The lowest BCUT2D eigenvalue weighted by atomic mass is 9.48. The Bertz CT molecular complexity index is 701. The van der Waals surface area contributed by atoms with Crippen molar-refractivity contribution in [3.05, 3.63) is 22.8 Å². The molecule has 0 aromatic rings. The van der Waals surface area contributed by atoms with E-state index in [-0.39, 0.29) is 24.0 Å². The van der Waals surface area contributed by atoms with Crippen molar-refractivity contribution in [3.63, 3.8) is 0 Å². The topological polar surface area (TPSA) is 40.5 Å². The second kappa shape index (κ2) is 8.39. The zero-order valence-electron chi connectivity index (χ0n) is 20.2. The molecule has 0 heterocycles. The molecule has 0 spiro atoms. The largest absolute Gasteiger partial charge is 0.396 e. The smallest absolute Gasteiger partial charge is 0.0547 e. The standard InChI is InChI=1S/C28H46O2/c1-18(2)7-6-8-19(3)24-11-12-25-23-10-9-20-15-22(30)16-21(17-29)28(20,5)26(23)13-14-27(24,25)4/h7,19-22,24-25,29-30H,6,8-17H2,1-5H3/t19-,20+,21?,22-,24-,25+,27-,28-/m1/s1. The average molecular weight is 415 g/mol. The summed E-state index contributed by atoms with van der Waals surface area (Å²) in [5.41, 5.74) is 5.57. The van der Waals surface area contributed by atoms with Gasteiger partial charge in [0.1, 0.15) is 0 Å². The van der Waals surface area contributed by atoms with Gasteiger partial charge in [-0.3, -0.25) is 0 Å². The number of fused-ring (bicyclic) bond motifs is 4. The van der Waals surface area contributed by atoms with Crippen LogP contribution in [0.3, 0.4) is 0 Å². The van der Waals surface area contributed by atoms with E-state index in [0.717, 1.165) is 30.6 Å². The lowest BCUT2D eigenvalue weighted by Gasteiger charge is -2.57. The van der Waals surface area contributed by atoms with E-state index < -0.39 is 0 Å². The Balaban J connectivity index is 1.59. The second-order valence-electron chi connectivity index (χ2n) is 12.1. The first kappa shape index (κ1) is 22.6. The summed E-state index contributed by atoms with van der Waals surface area (Å²) in [5.74, 6) is 3.22. The summed E-state index contributed by atoms with van der Waals surface area (Å²) in [7, 11) is 0.